The number of phenols is 1. The Morgan fingerprint density at radius 3 is 3.00 bits per heavy atom. The van der Waals surface area contributed by atoms with Crippen LogP contribution in [0.25, 0.3) is 0 Å². The number of carbonyl (C=O) groups excluding carboxylic acids is 1. The first-order chi connectivity index (χ1) is 12.5. The van der Waals surface area contributed by atoms with E-state index >= 15 is 0 Å². The number of amides is 1. The number of aromatic hydroxyl groups is 1. The van der Waals surface area contributed by atoms with Crippen molar-refractivity contribution in [3.05, 3.63) is 38.2 Å². The van der Waals surface area contributed by atoms with E-state index in [-0.39, 0.29) is 17.8 Å². The first kappa shape index (κ1) is 17.6. The number of anilines is 1. The van der Waals surface area contributed by atoms with Gasteiger partial charge in [0.1, 0.15) is 17.7 Å². The van der Waals surface area contributed by atoms with Crippen LogP contribution in [0.2, 0.25) is 0 Å². The molecule has 0 saturated heterocycles. The highest BCUT2D eigenvalue weighted by Gasteiger charge is 2.34. The van der Waals surface area contributed by atoms with Crippen molar-refractivity contribution in [3.8, 4) is 11.5 Å². The molecule has 4 N–H and O–H groups in total. The molecule has 1 aromatic heterocycles. The molecule has 0 spiro atoms. The number of phenolic OH excluding ortho intramolecular Hbond substituents is 1. The van der Waals surface area contributed by atoms with Gasteiger partial charge in [0.25, 0.3) is 5.91 Å². The predicted octanol–water partition coefficient (Wildman–Crippen LogP) is 2.04. The number of carbonyl (C=O) groups is 1. The summed E-state index contributed by atoms with van der Waals surface area (Å²) >= 11 is 5.04. The van der Waals surface area contributed by atoms with Crippen LogP contribution in [-0.2, 0) is 13.0 Å². The van der Waals surface area contributed by atoms with Gasteiger partial charge in [-0.1, -0.05) is 0 Å². The van der Waals surface area contributed by atoms with Gasteiger partial charge < -0.3 is 25.4 Å². The summed E-state index contributed by atoms with van der Waals surface area (Å²) in [7, 11) is 2.18. The molecule has 0 aliphatic carbocycles. The van der Waals surface area contributed by atoms with Crippen molar-refractivity contribution in [1.82, 2.24) is 5.32 Å². The third-order valence-corrected chi connectivity index (χ3v) is 6.58. The van der Waals surface area contributed by atoms with Crippen LogP contribution in [0.1, 0.15) is 39.5 Å². The quantitative estimate of drug-likeness (QED) is 0.591. The lowest BCUT2D eigenvalue weighted by Crippen LogP contribution is -3.08. The molecule has 1 unspecified atom stereocenters. The summed E-state index contributed by atoms with van der Waals surface area (Å²) in [5.74, 6) is 0.424. The predicted molar refractivity (Wildman–Crippen MR) is 104 cm³/mol. The van der Waals surface area contributed by atoms with Crippen molar-refractivity contribution in [2.75, 3.05) is 25.5 Å². The smallest absolute Gasteiger partial charge is 0.256 e. The van der Waals surface area contributed by atoms with Crippen molar-refractivity contribution in [2.45, 2.75) is 26.1 Å². The third-order valence-electron chi connectivity index (χ3n) is 4.82. The molecule has 2 aromatic rings. The van der Waals surface area contributed by atoms with Gasteiger partial charge >= 0.3 is 0 Å². The van der Waals surface area contributed by atoms with Gasteiger partial charge in [0.05, 0.1) is 35.1 Å². The Balaban J connectivity index is 1.69. The molecular formula is C18H21BrN3O3S+. The van der Waals surface area contributed by atoms with E-state index in [1.807, 2.05) is 6.92 Å². The van der Waals surface area contributed by atoms with Gasteiger partial charge in [0.15, 0.2) is 11.5 Å². The molecule has 2 atom stereocenters. The summed E-state index contributed by atoms with van der Waals surface area (Å²) in [4.78, 5) is 15.6. The number of nitrogens with one attached hydrogen (secondary N) is 3. The summed E-state index contributed by atoms with van der Waals surface area (Å²) < 4.78 is 6.04. The molecule has 1 amide bonds. The molecule has 4 rings (SSSR count). The second kappa shape index (κ2) is 6.75. The molecule has 0 radical (unpaired) electrons. The summed E-state index contributed by atoms with van der Waals surface area (Å²) in [6, 6.07) is 3.56. The Morgan fingerprint density at radius 2 is 2.23 bits per heavy atom. The highest BCUT2D eigenvalue weighted by atomic mass is 79.9. The first-order valence-electron chi connectivity index (χ1n) is 8.66. The number of benzene rings is 1. The summed E-state index contributed by atoms with van der Waals surface area (Å²) in [6.07, 6.45) is 0.572. The van der Waals surface area contributed by atoms with Crippen molar-refractivity contribution < 1.29 is 19.5 Å². The minimum atomic E-state index is -0.365. The van der Waals surface area contributed by atoms with Crippen molar-refractivity contribution >= 4 is 38.2 Å². The molecule has 26 heavy (non-hydrogen) atoms. The highest BCUT2D eigenvalue weighted by molar-refractivity contribution is 9.10. The van der Waals surface area contributed by atoms with Crippen molar-refractivity contribution in [3.63, 3.8) is 0 Å². The van der Waals surface area contributed by atoms with Gasteiger partial charge in [-0.05, 0) is 46.1 Å². The number of hydrogen-bond acceptors (Lipinski definition) is 5. The van der Waals surface area contributed by atoms with Crippen LogP contribution in [0.4, 0.5) is 5.00 Å². The molecule has 2 aliphatic rings. The molecule has 0 bridgehead atoms. The molecular weight excluding hydrogens is 418 g/mol. The van der Waals surface area contributed by atoms with Crippen LogP contribution < -0.4 is 20.3 Å². The first-order valence-corrected chi connectivity index (χ1v) is 10.3. The zero-order valence-electron chi connectivity index (χ0n) is 14.6. The largest absolute Gasteiger partial charge is 0.503 e. The number of ether oxygens (including phenoxy) is 1. The van der Waals surface area contributed by atoms with E-state index in [1.54, 1.807) is 23.5 Å². The van der Waals surface area contributed by atoms with E-state index in [9.17, 15) is 9.90 Å². The van der Waals surface area contributed by atoms with Crippen LogP contribution in [0.3, 0.4) is 0 Å². The van der Waals surface area contributed by atoms with Crippen LogP contribution >= 0.6 is 27.3 Å². The number of rotatable bonds is 3. The SMILES string of the molecule is CCOc1cc([C@H]2NC(=O)c3c(sc4c3CC[NH+](C)C4)N2)cc(Br)c1O. The zero-order chi connectivity index (χ0) is 18.4. The maximum Gasteiger partial charge on any atom is 0.256 e. The van der Waals surface area contributed by atoms with E-state index in [0.29, 0.717) is 16.8 Å². The van der Waals surface area contributed by atoms with Gasteiger partial charge in [0.2, 0.25) is 0 Å². The maximum atomic E-state index is 12.8. The fraction of sp³-hybridized carbons (Fsp3) is 0.389. The number of thiophene rings is 1. The van der Waals surface area contributed by atoms with Crippen LogP contribution in [0.15, 0.2) is 16.6 Å². The number of fused-ring (bicyclic) bond motifs is 3. The Bertz CT molecular complexity index is 883. The van der Waals surface area contributed by atoms with Crippen LogP contribution in [-0.4, -0.2) is 31.2 Å². The Kier molecular flexibility index (Phi) is 4.58. The molecule has 8 heteroatoms. The lowest BCUT2D eigenvalue weighted by Gasteiger charge is -2.27. The van der Waals surface area contributed by atoms with Gasteiger partial charge in [0, 0.05) is 6.42 Å². The zero-order valence-corrected chi connectivity index (χ0v) is 17.0. The Labute approximate surface area is 164 Å². The Hall–Kier alpha value is -1.77. The molecule has 3 heterocycles. The molecule has 6 nitrogen and oxygen atoms in total. The monoisotopic (exact) mass is 438 g/mol. The van der Waals surface area contributed by atoms with Gasteiger partial charge in [-0.25, -0.2) is 0 Å². The second-order valence-corrected chi connectivity index (χ2v) is 8.63. The van der Waals surface area contributed by atoms with Gasteiger partial charge in [-0.3, -0.25) is 4.79 Å². The molecule has 1 aromatic carbocycles. The second-order valence-electron chi connectivity index (χ2n) is 6.68. The lowest BCUT2D eigenvalue weighted by molar-refractivity contribution is -0.895. The standard InChI is InChI=1S/C18H20BrN3O3S/c1-3-25-12-7-9(6-11(19)15(12)23)16-20-17(24)14-10-4-5-22(2)8-13(10)26-18(14)21-16/h6-7,16,21,23H,3-5,8H2,1-2H3,(H,20,24)/p+1/t16-/m0/s1. The van der Waals surface area contributed by atoms with Gasteiger partial charge in [-0.2, -0.15) is 0 Å². The van der Waals surface area contributed by atoms with E-state index in [4.69, 9.17) is 4.74 Å². The highest BCUT2D eigenvalue weighted by Crippen LogP contribution is 2.41. The topological polar surface area (TPSA) is 75.0 Å². The van der Waals surface area contributed by atoms with Crippen molar-refractivity contribution in [1.29, 1.82) is 0 Å². The normalized spacial score (nSPS) is 21.4. The Morgan fingerprint density at radius 1 is 1.42 bits per heavy atom. The van der Waals surface area contributed by atoms with Crippen LogP contribution in [0, 0.1) is 0 Å². The average Bonchev–Trinajstić information content (AvgIpc) is 2.96. The van der Waals surface area contributed by atoms with E-state index in [1.165, 1.54) is 15.3 Å². The van der Waals surface area contributed by atoms with E-state index in [2.05, 4.69) is 33.6 Å². The minimum absolute atomic E-state index is 0.0389. The van der Waals surface area contributed by atoms with Gasteiger partial charge in [-0.15, -0.1) is 11.3 Å². The third kappa shape index (κ3) is 2.95. The number of hydrogen-bond donors (Lipinski definition) is 4. The summed E-state index contributed by atoms with van der Waals surface area (Å²) in [5, 5.41) is 17.5. The minimum Gasteiger partial charge on any atom is -0.503 e. The lowest BCUT2D eigenvalue weighted by atomic mass is 10.0. The fourth-order valence-corrected chi connectivity index (χ4v) is 5.37. The molecule has 2 aliphatic heterocycles. The fourth-order valence-electron chi connectivity index (χ4n) is 3.53. The van der Waals surface area contributed by atoms with Crippen molar-refractivity contribution in [2.24, 2.45) is 0 Å². The average molecular weight is 439 g/mol. The molecule has 138 valence electrons. The van der Waals surface area contributed by atoms with Crippen LogP contribution in [0.5, 0.6) is 11.5 Å². The summed E-state index contributed by atoms with van der Waals surface area (Å²) in [5.41, 5.74) is 2.82. The molecule has 0 fully saturated rings. The number of halogens is 1. The molecule has 0 saturated carbocycles. The number of quaternary nitrogens is 1. The van der Waals surface area contributed by atoms with E-state index in [0.717, 1.165) is 35.6 Å². The maximum absolute atomic E-state index is 12.8. The number of likely N-dealkylation sites (N-methyl/N-ethyl adjacent to an activating group) is 1. The van der Waals surface area contributed by atoms with E-state index < -0.39 is 0 Å². The summed E-state index contributed by atoms with van der Waals surface area (Å²) in [6.45, 7) is 4.33.